The van der Waals surface area contributed by atoms with Gasteiger partial charge in [0.15, 0.2) is 0 Å². The van der Waals surface area contributed by atoms with Crippen LogP contribution in [0.4, 0.5) is 5.69 Å². The number of carboxylic acid groups (broad SMARTS) is 1. The first-order valence-electron chi connectivity index (χ1n) is 10.4. The molecular weight excluding hydrogens is 504 g/mol. The standard InChI is InChI=1S/C26H22BrClN2O3/c1-26(25(33)29-15-20(24(31)32)17-8-5-9-19(28)12-17)14-23(16-6-3-2-4-7-16)30-22-11-10-18(27)13-21(22)26/h2-14,20,30H,15H2,1H3,(H,29,33)(H,31,32). The highest BCUT2D eigenvalue weighted by atomic mass is 79.9. The van der Waals surface area contributed by atoms with Crippen LogP contribution in [0.2, 0.25) is 5.02 Å². The van der Waals surface area contributed by atoms with E-state index in [0.717, 1.165) is 27.0 Å². The molecule has 3 aromatic rings. The highest BCUT2D eigenvalue weighted by Gasteiger charge is 2.39. The molecule has 0 aromatic heterocycles. The number of carbonyl (C=O) groups excluding carboxylic acids is 1. The molecule has 0 radical (unpaired) electrons. The predicted molar refractivity (Wildman–Crippen MR) is 134 cm³/mol. The van der Waals surface area contributed by atoms with Crippen LogP contribution in [0, 0.1) is 0 Å². The Kier molecular flexibility index (Phi) is 6.58. The number of amides is 1. The summed E-state index contributed by atoms with van der Waals surface area (Å²) < 4.78 is 0.848. The Morgan fingerprint density at radius 1 is 1.09 bits per heavy atom. The molecule has 1 aliphatic rings. The first-order valence-corrected chi connectivity index (χ1v) is 11.6. The van der Waals surface area contributed by atoms with Crippen molar-refractivity contribution in [2.45, 2.75) is 18.3 Å². The van der Waals surface area contributed by atoms with E-state index in [1.165, 1.54) is 0 Å². The number of carbonyl (C=O) groups is 2. The zero-order valence-electron chi connectivity index (χ0n) is 17.8. The molecule has 0 fully saturated rings. The van der Waals surface area contributed by atoms with Crippen LogP contribution in [0.15, 0.2) is 83.3 Å². The Hall–Kier alpha value is -3.09. The van der Waals surface area contributed by atoms with Gasteiger partial charge in [-0.05, 0) is 60.0 Å². The van der Waals surface area contributed by atoms with E-state index in [1.807, 2.05) is 61.5 Å². The lowest BCUT2D eigenvalue weighted by molar-refractivity contribution is -0.138. The van der Waals surface area contributed by atoms with Gasteiger partial charge in [-0.2, -0.15) is 0 Å². The van der Waals surface area contributed by atoms with Gasteiger partial charge in [0.2, 0.25) is 5.91 Å². The maximum atomic E-state index is 13.6. The lowest BCUT2D eigenvalue weighted by Gasteiger charge is -2.34. The molecule has 0 spiro atoms. The molecule has 1 amide bonds. The van der Waals surface area contributed by atoms with Crippen molar-refractivity contribution in [2.75, 3.05) is 11.9 Å². The van der Waals surface area contributed by atoms with E-state index in [4.69, 9.17) is 11.6 Å². The molecule has 0 saturated carbocycles. The van der Waals surface area contributed by atoms with E-state index in [-0.39, 0.29) is 12.5 Å². The largest absolute Gasteiger partial charge is 0.481 e. The predicted octanol–water partition coefficient (Wildman–Crippen LogP) is 5.81. The minimum atomic E-state index is -1.03. The third kappa shape index (κ3) is 4.82. The Balaban J connectivity index is 1.67. The molecule has 3 aromatic carbocycles. The number of benzene rings is 3. The summed E-state index contributed by atoms with van der Waals surface area (Å²) in [6.07, 6.45) is 1.89. The minimum Gasteiger partial charge on any atom is -0.481 e. The molecule has 0 saturated heterocycles. The minimum absolute atomic E-state index is 0.0601. The molecule has 4 rings (SSSR count). The van der Waals surface area contributed by atoms with E-state index in [2.05, 4.69) is 26.6 Å². The lowest BCUT2D eigenvalue weighted by atomic mass is 9.77. The Morgan fingerprint density at radius 3 is 2.55 bits per heavy atom. The van der Waals surface area contributed by atoms with Crippen molar-refractivity contribution < 1.29 is 14.7 Å². The van der Waals surface area contributed by atoms with E-state index < -0.39 is 17.3 Å². The van der Waals surface area contributed by atoms with Crippen LogP contribution in [0.25, 0.3) is 5.70 Å². The van der Waals surface area contributed by atoms with Crippen molar-refractivity contribution in [3.8, 4) is 0 Å². The second kappa shape index (κ2) is 9.41. The van der Waals surface area contributed by atoms with Crippen molar-refractivity contribution in [3.05, 3.63) is 105 Å². The fourth-order valence-electron chi connectivity index (χ4n) is 4.01. The molecule has 1 heterocycles. The zero-order chi connectivity index (χ0) is 23.6. The molecule has 5 nitrogen and oxygen atoms in total. The number of hydrogen-bond acceptors (Lipinski definition) is 3. The first-order chi connectivity index (χ1) is 15.8. The number of carboxylic acids is 1. The highest BCUT2D eigenvalue weighted by molar-refractivity contribution is 9.10. The molecule has 0 aliphatic carbocycles. The van der Waals surface area contributed by atoms with E-state index in [0.29, 0.717) is 10.6 Å². The number of hydrogen-bond donors (Lipinski definition) is 3. The average Bonchev–Trinajstić information content (AvgIpc) is 2.80. The van der Waals surface area contributed by atoms with Gasteiger partial charge in [-0.3, -0.25) is 9.59 Å². The smallest absolute Gasteiger partial charge is 0.312 e. The molecule has 3 N–H and O–H groups in total. The Labute approximate surface area is 205 Å². The molecule has 33 heavy (non-hydrogen) atoms. The summed E-state index contributed by atoms with van der Waals surface area (Å²) in [6, 6.07) is 22.2. The SMILES string of the molecule is CC1(C(=O)NCC(C(=O)O)c2cccc(Cl)c2)C=C(c2ccccc2)Nc2ccc(Br)cc21. The number of fused-ring (bicyclic) bond motifs is 1. The van der Waals surface area contributed by atoms with Crippen LogP contribution in [0.1, 0.15) is 29.5 Å². The van der Waals surface area contributed by atoms with Gasteiger partial charge in [-0.15, -0.1) is 0 Å². The number of anilines is 1. The summed E-state index contributed by atoms with van der Waals surface area (Å²) in [6.45, 7) is 1.78. The van der Waals surface area contributed by atoms with Gasteiger partial charge in [0.05, 0.1) is 11.3 Å². The summed E-state index contributed by atoms with van der Waals surface area (Å²) >= 11 is 9.55. The monoisotopic (exact) mass is 524 g/mol. The summed E-state index contributed by atoms with van der Waals surface area (Å²) in [7, 11) is 0. The van der Waals surface area contributed by atoms with Gasteiger partial charge in [-0.1, -0.05) is 70.0 Å². The number of halogens is 2. The zero-order valence-corrected chi connectivity index (χ0v) is 20.2. The Bertz CT molecular complexity index is 1250. The summed E-state index contributed by atoms with van der Waals surface area (Å²) in [5.41, 5.74) is 2.90. The first kappa shape index (κ1) is 23.1. The third-order valence-electron chi connectivity index (χ3n) is 5.82. The molecule has 1 aliphatic heterocycles. The number of nitrogens with one attached hydrogen (secondary N) is 2. The van der Waals surface area contributed by atoms with Crippen molar-refractivity contribution >= 4 is 50.8 Å². The molecule has 2 unspecified atom stereocenters. The molecule has 2 atom stereocenters. The maximum absolute atomic E-state index is 13.6. The van der Waals surface area contributed by atoms with Crippen molar-refractivity contribution in [3.63, 3.8) is 0 Å². The van der Waals surface area contributed by atoms with Gasteiger partial charge in [0, 0.05) is 27.4 Å². The normalized spacial score (nSPS) is 17.8. The fraction of sp³-hybridized carbons (Fsp3) is 0.154. The van der Waals surface area contributed by atoms with Crippen molar-refractivity contribution in [1.82, 2.24) is 5.32 Å². The second-order valence-electron chi connectivity index (χ2n) is 8.10. The Morgan fingerprint density at radius 2 is 1.85 bits per heavy atom. The molecular formula is C26H22BrClN2O3. The van der Waals surface area contributed by atoms with Gasteiger partial charge in [0.25, 0.3) is 0 Å². The van der Waals surface area contributed by atoms with Crippen LogP contribution in [0.5, 0.6) is 0 Å². The van der Waals surface area contributed by atoms with Gasteiger partial charge < -0.3 is 15.7 Å². The van der Waals surface area contributed by atoms with Gasteiger partial charge in [-0.25, -0.2) is 0 Å². The highest BCUT2D eigenvalue weighted by Crippen LogP contribution is 2.41. The molecule has 7 heteroatoms. The quantitative estimate of drug-likeness (QED) is 0.379. The van der Waals surface area contributed by atoms with Crippen LogP contribution in [-0.2, 0) is 15.0 Å². The van der Waals surface area contributed by atoms with Crippen molar-refractivity contribution in [1.29, 1.82) is 0 Å². The lowest BCUT2D eigenvalue weighted by Crippen LogP contribution is -2.45. The van der Waals surface area contributed by atoms with Crippen molar-refractivity contribution in [2.24, 2.45) is 0 Å². The molecule has 0 bridgehead atoms. The maximum Gasteiger partial charge on any atom is 0.312 e. The van der Waals surface area contributed by atoms with E-state index >= 15 is 0 Å². The summed E-state index contributed by atoms with van der Waals surface area (Å²) in [5, 5.41) is 16.5. The van der Waals surface area contributed by atoms with Crippen LogP contribution >= 0.6 is 27.5 Å². The topological polar surface area (TPSA) is 78.4 Å². The fourth-order valence-corrected chi connectivity index (χ4v) is 4.57. The number of aliphatic carboxylic acids is 1. The van der Waals surface area contributed by atoms with Crippen LogP contribution in [0.3, 0.4) is 0 Å². The average molecular weight is 526 g/mol. The van der Waals surface area contributed by atoms with Crippen LogP contribution < -0.4 is 10.6 Å². The van der Waals surface area contributed by atoms with E-state index in [9.17, 15) is 14.7 Å². The van der Waals surface area contributed by atoms with Gasteiger partial charge in [0.1, 0.15) is 0 Å². The summed E-state index contributed by atoms with van der Waals surface area (Å²) in [5.74, 6) is -2.24. The van der Waals surface area contributed by atoms with Crippen LogP contribution in [-0.4, -0.2) is 23.5 Å². The van der Waals surface area contributed by atoms with E-state index in [1.54, 1.807) is 24.3 Å². The van der Waals surface area contributed by atoms with Gasteiger partial charge >= 0.3 is 5.97 Å². The second-order valence-corrected chi connectivity index (χ2v) is 9.45. The third-order valence-corrected chi connectivity index (χ3v) is 6.54. The molecule has 168 valence electrons. The number of rotatable bonds is 6. The summed E-state index contributed by atoms with van der Waals surface area (Å²) in [4.78, 5) is 25.5.